The molecule has 0 spiro atoms. The Morgan fingerprint density at radius 1 is 1.19 bits per heavy atom. The molecule has 2 aromatic rings. The summed E-state index contributed by atoms with van der Waals surface area (Å²) >= 11 is 3.43. The summed E-state index contributed by atoms with van der Waals surface area (Å²) in [7, 11) is 0. The summed E-state index contributed by atoms with van der Waals surface area (Å²) in [5.41, 5.74) is 2.34. The molecule has 0 saturated carbocycles. The topological polar surface area (TPSA) is 81.7 Å². The normalized spacial score (nSPS) is 20.3. The molecule has 0 radical (unpaired) electrons. The van der Waals surface area contributed by atoms with Crippen LogP contribution < -0.4 is 15.5 Å². The Kier molecular flexibility index (Phi) is 6.40. The standard InChI is InChI=1S/C25H28BrN3O3/c1-16-8-10-20(14-17(16)2)29-24(31)28-22-11-9-19(26)15-21(22)25(29,32)23(30)27-13-12-18-6-4-3-5-7-18/h6,8-11,14-15,32H,3-5,7,12-13H2,1-2H3,(H,27,30)(H,28,31)/t25-/m0/s1. The summed E-state index contributed by atoms with van der Waals surface area (Å²) in [4.78, 5) is 27.8. The average Bonchev–Trinajstić information content (AvgIpc) is 2.77. The number of anilines is 2. The van der Waals surface area contributed by atoms with Crippen molar-refractivity contribution in [2.24, 2.45) is 0 Å². The fourth-order valence-electron chi connectivity index (χ4n) is 4.34. The van der Waals surface area contributed by atoms with E-state index in [2.05, 4.69) is 32.6 Å². The van der Waals surface area contributed by atoms with Crippen LogP contribution in [-0.2, 0) is 10.5 Å². The van der Waals surface area contributed by atoms with Crippen LogP contribution in [-0.4, -0.2) is 23.6 Å². The maximum Gasteiger partial charge on any atom is 0.329 e. The van der Waals surface area contributed by atoms with E-state index in [0.717, 1.165) is 35.3 Å². The van der Waals surface area contributed by atoms with E-state index >= 15 is 0 Å². The van der Waals surface area contributed by atoms with E-state index in [1.807, 2.05) is 26.0 Å². The summed E-state index contributed by atoms with van der Waals surface area (Å²) in [6.07, 6.45) is 7.49. The van der Waals surface area contributed by atoms with E-state index in [0.29, 0.717) is 28.0 Å². The Bertz CT molecular complexity index is 1100. The lowest BCUT2D eigenvalue weighted by Gasteiger charge is -2.43. The lowest BCUT2D eigenvalue weighted by Crippen LogP contribution is -2.62. The second kappa shape index (κ2) is 9.08. The van der Waals surface area contributed by atoms with Crippen molar-refractivity contribution in [2.75, 3.05) is 16.8 Å². The summed E-state index contributed by atoms with van der Waals surface area (Å²) in [5.74, 6) is -0.624. The molecule has 1 aliphatic carbocycles. The number of carbonyl (C=O) groups excluding carboxylic acids is 2. The molecule has 0 bridgehead atoms. The highest BCUT2D eigenvalue weighted by Crippen LogP contribution is 2.41. The van der Waals surface area contributed by atoms with E-state index in [1.165, 1.54) is 18.4 Å². The molecule has 3 amide bonds. The molecule has 0 unspecified atom stereocenters. The summed E-state index contributed by atoms with van der Waals surface area (Å²) in [6, 6.07) is 9.99. The number of fused-ring (bicyclic) bond motifs is 1. The smallest absolute Gasteiger partial charge is 0.329 e. The Balaban J connectivity index is 1.71. The number of benzene rings is 2. The van der Waals surface area contributed by atoms with Crippen LogP contribution in [0.3, 0.4) is 0 Å². The summed E-state index contributed by atoms with van der Waals surface area (Å²) in [6.45, 7) is 4.31. The highest BCUT2D eigenvalue weighted by atomic mass is 79.9. The van der Waals surface area contributed by atoms with Gasteiger partial charge in [0.05, 0.1) is 5.69 Å². The number of nitrogens with zero attached hydrogens (tertiary/aromatic N) is 1. The molecule has 6 nitrogen and oxygen atoms in total. The van der Waals surface area contributed by atoms with Gasteiger partial charge in [-0.05, 0) is 87.4 Å². The minimum Gasteiger partial charge on any atom is -0.359 e. The first-order chi connectivity index (χ1) is 15.3. The van der Waals surface area contributed by atoms with Crippen LogP contribution >= 0.6 is 15.9 Å². The molecular formula is C25H28BrN3O3. The number of amides is 3. The van der Waals surface area contributed by atoms with Gasteiger partial charge in [0.1, 0.15) is 0 Å². The minimum atomic E-state index is -2.19. The van der Waals surface area contributed by atoms with Gasteiger partial charge in [-0.25, -0.2) is 4.79 Å². The number of hydrogen-bond acceptors (Lipinski definition) is 3. The second-order valence-corrected chi connectivity index (χ2v) is 9.43. The SMILES string of the molecule is Cc1ccc(N2C(=O)Nc3ccc(Br)cc3[C@]2(O)C(=O)NCCC2=CCCCC2)cc1C. The van der Waals surface area contributed by atoms with Crippen LogP contribution in [0.1, 0.15) is 48.8 Å². The second-order valence-electron chi connectivity index (χ2n) is 8.51. The van der Waals surface area contributed by atoms with Crippen LogP contribution in [0, 0.1) is 13.8 Å². The van der Waals surface area contributed by atoms with Crippen LogP contribution in [0.5, 0.6) is 0 Å². The zero-order valence-corrected chi connectivity index (χ0v) is 20.0. The lowest BCUT2D eigenvalue weighted by molar-refractivity contribution is -0.140. The number of nitrogens with one attached hydrogen (secondary N) is 2. The van der Waals surface area contributed by atoms with Crippen molar-refractivity contribution in [3.05, 3.63) is 69.2 Å². The highest BCUT2D eigenvalue weighted by molar-refractivity contribution is 9.10. The van der Waals surface area contributed by atoms with E-state index in [9.17, 15) is 14.7 Å². The van der Waals surface area contributed by atoms with Crippen molar-refractivity contribution in [3.63, 3.8) is 0 Å². The van der Waals surface area contributed by atoms with Crippen molar-refractivity contribution < 1.29 is 14.7 Å². The molecule has 2 aliphatic rings. The first-order valence-corrected chi connectivity index (χ1v) is 11.8. The number of allylic oxidation sites excluding steroid dienone is 1. The quantitative estimate of drug-likeness (QED) is 0.492. The Morgan fingerprint density at radius 2 is 2.00 bits per heavy atom. The van der Waals surface area contributed by atoms with Crippen molar-refractivity contribution in [3.8, 4) is 0 Å². The number of urea groups is 1. The molecule has 3 N–H and O–H groups in total. The zero-order valence-electron chi connectivity index (χ0n) is 18.4. The van der Waals surface area contributed by atoms with E-state index in [1.54, 1.807) is 24.3 Å². The maximum absolute atomic E-state index is 13.5. The van der Waals surface area contributed by atoms with Gasteiger partial charge in [-0.15, -0.1) is 0 Å². The largest absolute Gasteiger partial charge is 0.359 e. The third-order valence-corrected chi connectivity index (χ3v) is 6.80. The molecule has 1 atom stereocenters. The van der Waals surface area contributed by atoms with Gasteiger partial charge in [0.25, 0.3) is 11.6 Å². The van der Waals surface area contributed by atoms with Gasteiger partial charge in [0.2, 0.25) is 0 Å². The van der Waals surface area contributed by atoms with Crippen LogP contribution in [0.15, 0.2) is 52.5 Å². The molecule has 168 valence electrons. The fraction of sp³-hybridized carbons (Fsp3) is 0.360. The predicted octanol–water partition coefficient (Wildman–Crippen LogP) is 5.27. The number of hydrogen-bond donors (Lipinski definition) is 3. The number of carbonyl (C=O) groups is 2. The Hall–Kier alpha value is -2.64. The van der Waals surface area contributed by atoms with Crippen LogP contribution in [0.4, 0.5) is 16.2 Å². The number of aryl methyl sites for hydroxylation is 2. The predicted molar refractivity (Wildman–Crippen MR) is 130 cm³/mol. The molecule has 4 rings (SSSR count). The molecule has 32 heavy (non-hydrogen) atoms. The average molecular weight is 498 g/mol. The first kappa shape index (κ1) is 22.6. The van der Waals surface area contributed by atoms with E-state index in [-0.39, 0.29) is 0 Å². The molecule has 0 fully saturated rings. The van der Waals surface area contributed by atoms with Crippen molar-refractivity contribution >= 4 is 39.2 Å². The fourth-order valence-corrected chi connectivity index (χ4v) is 4.70. The molecule has 1 aliphatic heterocycles. The molecule has 1 heterocycles. The van der Waals surface area contributed by atoms with Crippen LogP contribution in [0.25, 0.3) is 0 Å². The number of aliphatic hydroxyl groups is 1. The third kappa shape index (κ3) is 4.19. The first-order valence-electron chi connectivity index (χ1n) is 11.0. The van der Waals surface area contributed by atoms with Crippen LogP contribution in [0.2, 0.25) is 0 Å². The van der Waals surface area contributed by atoms with Gasteiger partial charge < -0.3 is 15.7 Å². The van der Waals surface area contributed by atoms with E-state index in [4.69, 9.17) is 0 Å². The van der Waals surface area contributed by atoms with Gasteiger partial charge in [0, 0.05) is 22.3 Å². The zero-order chi connectivity index (χ0) is 22.9. The Labute approximate surface area is 196 Å². The summed E-state index contributed by atoms with van der Waals surface area (Å²) in [5, 5.41) is 17.6. The molecular weight excluding hydrogens is 470 g/mol. The van der Waals surface area contributed by atoms with Crippen molar-refractivity contribution in [1.29, 1.82) is 0 Å². The monoisotopic (exact) mass is 497 g/mol. The third-order valence-electron chi connectivity index (χ3n) is 6.31. The maximum atomic E-state index is 13.5. The van der Waals surface area contributed by atoms with Gasteiger partial charge in [-0.1, -0.05) is 33.6 Å². The van der Waals surface area contributed by atoms with Gasteiger partial charge >= 0.3 is 6.03 Å². The Morgan fingerprint density at radius 3 is 2.72 bits per heavy atom. The number of halogens is 1. The van der Waals surface area contributed by atoms with Gasteiger partial charge in [-0.2, -0.15) is 0 Å². The summed E-state index contributed by atoms with van der Waals surface area (Å²) < 4.78 is 0.700. The number of rotatable bonds is 5. The van der Waals surface area contributed by atoms with Crippen molar-refractivity contribution in [2.45, 2.75) is 51.7 Å². The molecule has 0 aromatic heterocycles. The van der Waals surface area contributed by atoms with Crippen molar-refractivity contribution in [1.82, 2.24) is 5.32 Å². The van der Waals surface area contributed by atoms with E-state index < -0.39 is 17.7 Å². The van der Waals surface area contributed by atoms with Gasteiger partial charge in [0.15, 0.2) is 0 Å². The molecule has 0 saturated heterocycles. The molecule has 2 aromatic carbocycles. The van der Waals surface area contributed by atoms with Gasteiger partial charge in [-0.3, -0.25) is 9.69 Å². The lowest BCUT2D eigenvalue weighted by atomic mass is 9.94. The highest BCUT2D eigenvalue weighted by Gasteiger charge is 2.52. The minimum absolute atomic E-state index is 0.319. The molecule has 7 heteroatoms.